The van der Waals surface area contributed by atoms with Crippen LogP contribution in [0.15, 0.2) is 47.6 Å². The first-order chi connectivity index (χ1) is 15.1. The van der Waals surface area contributed by atoms with Crippen LogP contribution >= 0.6 is 11.8 Å². The van der Waals surface area contributed by atoms with Crippen molar-refractivity contribution in [3.05, 3.63) is 53.8 Å². The van der Waals surface area contributed by atoms with E-state index in [2.05, 4.69) is 15.5 Å². The van der Waals surface area contributed by atoms with Gasteiger partial charge in [-0.05, 0) is 49.6 Å². The number of nitrogens with one attached hydrogen (secondary N) is 1. The van der Waals surface area contributed by atoms with Crippen LogP contribution in [0, 0.1) is 5.82 Å². The van der Waals surface area contributed by atoms with Crippen LogP contribution in [0.5, 0.6) is 11.5 Å². The van der Waals surface area contributed by atoms with Crippen molar-refractivity contribution < 1.29 is 18.7 Å². The van der Waals surface area contributed by atoms with Crippen molar-refractivity contribution in [2.24, 2.45) is 0 Å². The lowest BCUT2D eigenvalue weighted by Gasteiger charge is -2.15. The molecule has 160 valence electrons. The van der Waals surface area contributed by atoms with E-state index in [-0.39, 0.29) is 36.4 Å². The van der Waals surface area contributed by atoms with Gasteiger partial charge in [0.25, 0.3) is 0 Å². The van der Waals surface area contributed by atoms with Gasteiger partial charge in [-0.15, -0.1) is 10.2 Å². The third kappa shape index (κ3) is 4.10. The molecule has 2 heterocycles. The largest absolute Gasteiger partial charge is 0.454 e. The third-order valence-corrected chi connectivity index (χ3v) is 6.24. The highest BCUT2D eigenvalue weighted by Crippen LogP contribution is 2.41. The summed E-state index contributed by atoms with van der Waals surface area (Å²) in [7, 11) is 0. The lowest BCUT2D eigenvalue weighted by Crippen LogP contribution is -2.28. The molecule has 0 bridgehead atoms. The Kier molecular flexibility index (Phi) is 5.27. The van der Waals surface area contributed by atoms with Crippen LogP contribution in [-0.4, -0.2) is 33.2 Å². The number of halogens is 1. The normalized spacial score (nSPS) is 15.7. The highest BCUT2D eigenvalue weighted by molar-refractivity contribution is 7.99. The SMILES string of the molecule is CC(NC(=O)CSc1nnc(-c2ccccc2F)n1C1CC1)c1ccc2c(c1)OCO2. The number of hydrogen-bond acceptors (Lipinski definition) is 6. The summed E-state index contributed by atoms with van der Waals surface area (Å²) in [6.45, 7) is 2.13. The standard InChI is InChI=1S/C22H21FN4O3S/c1-13(14-6-9-18-19(10-14)30-12-29-18)24-20(28)11-31-22-26-25-21(27(22)15-7-8-15)16-4-2-3-5-17(16)23/h2-6,9-10,13,15H,7-8,11-12H2,1H3,(H,24,28). The lowest BCUT2D eigenvalue weighted by molar-refractivity contribution is -0.119. The van der Waals surface area contributed by atoms with E-state index in [4.69, 9.17) is 9.47 Å². The van der Waals surface area contributed by atoms with Gasteiger partial charge >= 0.3 is 0 Å². The van der Waals surface area contributed by atoms with Crippen molar-refractivity contribution in [3.8, 4) is 22.9 Å². The maximum Gasteiger partial charge on any atom is 0.231 e. The number of carbonyl (C=O) groups is 1. The molecule has 2 aliphatic rings. The Morgan fingerprint density at radius 2 is 2.03 bits per heavy atom. The predicted octanol–water partition coefficient (Wildman–Crippen LogP) is 4.12. The molecule has 1 amide bonds. The summed E-state index contributed by atoms with van der Waals surface area (Å²) in [4.78, 5) is 12.6. The zero-order valence-corrected chi connectivity index (χ0v) is 17.7. The molecule has 1 fully saturated rings. The number of amides is 1. The number of thioether (sulfide) groups is 1. The molecule has 1 aliphatic carbocycles. The molecule has 1 unspecified atom stereocenters. The van der Waals surface area contributed by atoms with Crippen LogP contribution in [-0.2, 0) is 4.79 Å². The molecular weight excluding hydrogens is 419 g/mol. The van der Waals surface area contributed by atoms with E-state index >= 15 is 0 Å². The van der Waals surface area contributed by atoms with E-state index in [0.29, 0.717) is 28.0 Å². The molecule has 5 rings (SSSR count). The average molecular weight is 441 g/mol. The first-order valence-electron chi connectivity index (χ1n) is 10.1. The van der Waals surface area contributed by atoms with E-state index in [1.807, 2.05) is 29.7 Å². The lowest BCUT2D eigenvalue weighted by atomic mass is 10.1. The molecule has 31 heavy (non-hydrogen) atoms. The van der Waals surface area contributed by atoms with E-state index in [1.165, 1.54) is 17.8 Å². The molecule has 7 nitrogen and oxygen atoms in total. The van der Waals surface area contributed by atoms with Crippen LogP contribution < -0.4 is 14.8 Å². The molecule has 1 atom stereocenters. The van der Waals surface area contributed by atoms with Gasteiger partial charge in [0, 0.05) is 6.04 Å². The molecule has 0 saturated heterocycles. The van der Waals surface area contributed by atoms with Crippen LogP contribution in [0.3, 0.4) is 0 Å². The Bertz CT molecular complexity index is 1130. The number of hydrogen-bond donors (Lipinski definition) is 1. The molecular formula is C22H21FN4O3S. The number of carbonyl (C=O) groups excluding carboxylic acids is 1. The fraction of sp³-hybridized carbons (Fsp3) is 0.318. The summed E-state index contributed by atoms with van der Waals surface area (Å²) in [6, 6.07) is 12.3. The highest BCUT2D eigenvalue weighted by atomic mass is 32.2. The molecule has 1 aromatic heterocycles. The molecule has 0 radical (unpaired) electrons. The quantitative estimate of drug-likeness (QED) is 0.557. The Balaban J connectivity index is 1.26. The summed E-state index contributed by atoms with van der Waals surface area (Å²) in [5, 5.41) is 12.1. The van der Waals surface area contributed by atoms with Crippen molar-refractivity contribution in [2.75, 3.05) is 12.5 Å². The molecule has 0 spiro atoms. The summed E-state index contributed by atoms with van der Waals surface area (Å²) >= 11 is 1.31. The van der Waals surface area contributed by atoms with Gasteiger partial charge in [0.2, 0.25) is 12.7 Å². The Labute approximate surface area is 183 Å². The topological polar surface area (TPSA) is 78.3 Å². The monoisotopic (exact) mass is 440 g/mol. The molecule has 1 N–H and O–H groups in total. The number of ether oxygens (including phenoxy) is 2. The van der Waals surface area contributed by atoms with E-state index in [9.17, 15) is 9.18 Å². The number of rotatable bonds is 7. The predicted molar refractivity (Wildman–Crippen MR) is 114 cm³/mol. The van der Waals surface area contributed by atoms with Crippen molar-refractivity contribution in [2.45, 2.75) is 37.0 Å². The minimum atomic E-state index is -0.330. The smallest absolute Gasteiger partial charge is 0.231 e. The van der Waals surface area contributed by atoms with E-state index in [1.54, 1.807) is 18.2 Å². The van der Waals surface area contributed by atoms with Crippen molar-refractivity contribution in [1.29, 1.82) is 0 Å². The van der Waals surface area contributed by atoms with Gasteiger partial charge in [-0.3, -0.25) is 9.36 Å². The van der Waals surface area contributed by atoms with E-state index in [0.717, 1.165) is 18.4 Å². The fourth-order valence-corrected chi connectivity index (χ4v) is 4.36. The van der Waals surface area contributed by atoms with Gasteiger partial charge in [0.1, 0.15) is 5.82 Å². The van der Waals surface area contributed by atoms with Gasteiger partial charge in [-0.2, -0.15) is 0 Å². The first-order valence-corrected chi connectivity index (χ1v) is 11.1. The number of aromatic nitrogens is 3. The summed E-state index contributed by atoms with van der Waals surface area (Å²) in [5.74, 6) is 1.65. The van der Waals surface area contributed by atoms with Crippen molar-refractivity contribution in [3.63, 3.8) is 0 Å². The van der Waals surface area contributed by atoms with Crippen LogP contribution in [0.4, 0.5) is 4.39 Å². The first kappa shape index (κ1) is 19.9. The second kappa shape index (κ2) is 8.22. The Hall–Kier alpha value is -3.07. The van der Waals surface area contributed by atoms with E-state index < -0.39 is 0 Å². The van der Waals surface area contributed by atoms with Gasteiger partial charge in [-0.1, -0.05) is 30.0 Å². The number of fused-ring (bicyclic) bond motifs is 1. The highest BCUT2D eigenvalue weighted by Gasteiger charge is 2.31. The maximum atomic E-state index is 14.3. The van der Waals surface area contributed by atoms with Gasteiger partial charge in [-0.25, -0.2) is 4.39 Å². The van der Waals surface area contributed by atoms with Gasteiger partial charge in [0.15, 0.2) is 22.5 Å². The van der Waals surface area contributed by atoms with Crippen LogP contribution in [0.1, 0.15) is 37.4 Å². The summed E-state index contributed by atoms with van der Waals surface area (Å²) < 4.78 is 27.0. The maximum absolute atomic E-state index is 14.3. The molecule has 1 aliphatic heterocycles. The Morgan fingerprint density at radius 3 is 2.84 bits per heavy atom. The second-order valence-corrected chi connectivity index (χ2v) is 8.52. The average Bonchev–Trinajstić information content (AvgIpc) is 3.34. The minimum Gasteiger partial charge on any atom is -0.454 e. The van der Waals surface area contributed by atoms with Crippen molar-refractivity contribution >= 4 is 17.7 Å². The Morgan fingerprint density at radius 1 is 1.23 bits per heavy atom. The zero-order chi connectivity index (χ0) is 21.4. The van der Waals surface area contributed by atoms with Crippen LogP contribution in [0.2, 0.25) is 0 Å². The zero-order valence-electron chi connectivity index (χ0n) is 16.9. The third-order valence-electron chi connectivity index (χ3n) is 5.30. The molecule has 2 aromatic carbocycles. The number of nitrogens with zero attached hydrogens (tertiary/aromatic N) is 3. The van der Waals surface area contributed by atoms with Gasteiger partial charge in [0.05, 0.1) is 17.4 Å². The molecule has 9 heteroatoms. The minimum absolute atomic E-state index is 0.118. The van der Waals surface area contributed by atoms with Gasteiger partial charge < -0.3 is 14.8 Å². The van der Waals surface area contributed by atoms with Crippen molar-refractivity contribution in [1.82, 2.24) is 20.1 Å². The summed E-state index contributed by atoms with van der Waals surface area (Å²) in [5.41, 5.74) is 1.36. The molecule has 3 aromatic rings. The van der Waals surface area contributed by atoms with Crippen LogP contribution in [0.25, 0.3) is 11.4 Å². The fourth-order valence-electron chi connectivity index (χ4n) is 3.54. The summed E-state index contributed by atoms with van der Waals surface area (Å²) in [6.07, 6.45) is 2.00. The number of benzene rings is 2. The second-order valence-electron chi connectivity index (χ2n) is 7.58. The molecule has 1 saturated carbocycles.